The molecule has 5 nitrogen and oxygen atoms in total. The minimum Gasteiger partial charge on any atom is -0.478 e. The number of pyridine rings is 1. The maximum atomic E-state index is 11.0. The molecule has 2 heterocycles. The topological polar surface area (TPSA) is 78.9 Å². The molecule has 0 unspecified atom stereocenters. The van der Waals surface area contributed by atoms with Crippen LogP contribution in [0, 0.1) is 13.8 Å². The van der Waals surface area contributed by atoms with E-state index < -0.39 is 5.97 Å². The number of aryl methyl sites for hydroxylation is 2. The van der Waals surface area contributed by atoms with Gasteiger partial charge >= 0.3 is 5.97 Å². The van der Waals surface area contributed by atoms with Crippen LogP contribution in [0.15, 0.2) is 30.3 Å². The van der Waals surface area contributed by atoms with E-state index in [0.717, 1.165) is 33.5 Å². The minimum atomic E-state index is -0.934. The third kappa shape index (κ3) is 2.61. The van der Waals surface area contributed by atoms with Crippen molar-refractivity contribution in [2.75, 3.05) is 0 Å². The Morgan fingerprint density at radius 1 is 1.18 bits per heavy atom. The fraction of sp³-hybridized carbons (Fsp3) is 0.118. The van der Waals surface area contributed by atoms with Crippen LogP contribution >= 0.6 is 0 Å². The molecule has 0 aliphatic rings. The van der Waals surface area contributed by atoms with Gasteiger partial charge in [0.1, 0.15) is 0 Å². The predicted octanol–water partition coefficient (Wildman–Crippen LogP) is 3.44. The number of nitrogens with one attached hydrogen (secondary N) is 1. The third-order valence-corrected chi connectivity index (χ3v) is 3.56. The summed E-state index contributed by atoms with van der Waals surface area (Å²) in [6.07, 6.45) is 3.91. The summed E-state index contributed by atoms with van der Waals surface area (Å²) < 4.78 is 0. The Morgan fingerprint density at radius 3 is 2.68 bits per heavy atom. The van der Waals surface area contributed by atoms with Crippen LogP contribution in [-0.4, -0.2) is 26.3 Å². The van der Waals surface area contributed by atoms with Gasteiger partial charge in [-0.15, -0.1) is 0 Å². The summed E-state index contributed by atoms with van der Waals surface area (Å²) in [5.41, 5.74) is 4.87. The van der Waals surface area contributed by atoms with E-state index in [-0.39, 0.29) is 5.56 Å². The van der Waals surface area contributed by atoms with Gasteiger partial charge in [-0.1, -0.05) is 6.07 Å². The second-order valence-electron chi connectivity index (χ2n) is 5.13. The molecule has 5 heteroatoms. The van der Waals surface area contributed by atoms with Gasteiger partial charge in [0.2, 0.25) is 0 Å². The van der Waals surface area contributed by atoms with Gasteiger partial charge in [0.05, 0.1) is 22.5 Å². The van der Waals surface area contributed by atoms with E-state index in [9.17, 15) is 4.79 Å². The second-order valence-corrected chi connectivity index (χ2v) is 5.13. The molecule has 1 aromatic carbocycles. The highest BCUT2D eigenvalue weighted by Gasteiger charge is 2.05. The Morgan fingerprint density at radius 2 is 2.00 bits per heavy atom. The van der Waals surface area contributed by atoms with E-state index in [1.165, 1.54) is 0 Å². The van der Waals surface area contributed by atoms with Crippen molar-refractivity contribution in [3.63, 3.8) is 0 Å². The maximum Gasteiger partial charge on any atom is 0.335 e. The molecule has 3 aromatic rings. The average Bonchev–Trinajstić information content (AvgIpc) is 2.83. The van der Waals surface area contributed by atoms with Crippen LogP contribution in [0.3, 0.4) is 0 Å². The minimum absolute atomic E-state index is 0.266. The summed E-state index contributed by atoms with van der Waals surface area (Å²) in [6.45, 7) is 3.92. The molecule has 0 spiro atoms. The normalized spacial score (nSPS) is 11.4. The summed E-state index contributed by atoms with van der Waals surface area (Å²) in [7, 11) is 0. The van der Waals surface area contributed by atoms with Gasteiger partial charge in [-0.2, -0.15) is 5.10 Å². The summed E-state index contributed by atoms with van der Waals surface area (Å²) in [4.78, 5) is 15.5. The number of aromatic nitrogens is 3. The standard InChI is InChI=1S/C17H15N3O2/c1-10-15(11(2)20-19-10)7-6-14-5-3-12-9-13(17(21)22)4-8-16(12)18-14/h3-9H,1-2H3,(H,19,20)(H,21,22)/b7-6+. The Balaban J connectivity index is 1.95. The number of rotatable bonds is 3. The number of carboxylic acid groups (broad SMARTS) is 1. The molecular weight excluding hydrogens is 278 g/mol. The smallest absolute Gasteiger partial charge is 0.335 e. The number of benzene rings is 1. The SMILES string of the molecule is Cc1n[nH]c(C)c1/C=C/c1ccc2cc(C(=O)O)ccc2n1. The first-order chi connectivity index (χ1) is 10.5. The molecule has 2 aromatic heterocycles. The highest BCUT2D eigenvalue weighted by atomic mass is 16.4. The summed E-state index contributed by atoms with van der Waals surface area (Å²) in [5.74, 6) is -0.934. The summed E-state index contributed by atoms with van der Waals surface area (Å²) in [5, 5.41) is 16.9. The van der Waals surface area contributed by atoms with Crippen LogP contribution in [0.5, 0.6) is 0 Å². The number of carboxylic acids is 1. The monoisotopic (exact) mass is 293 g/mol. The molecule has 0 saturated heterocycles. The van der Waals surface area contributed by atoms with Crippen molar-refractivity contribution >= 4 is 29.0 Å². The van der Waals surface area contributed by atoms with Crippen molar-refractivity contribution in [2.45, 2.75) is 13.8 Å². The number of hydrogen-bond donors (Lipinski definition) is 2. The van der Waals surface area contributed by atoms with Crippen LogP contribution in [0.1, 0.15) is 33.0 Å². The van der Waals surface area contributed by atoms with Gasteiger partial charge in [0, 0.05) is 16.6 Å². The zero-order valence-corrected chi connectivity index (χ0v) is 12.3. The van der Waals surface area contributed by atoms with E-state index in [2.05, 4.69) is 15.2 Å². The number of aromatic carboxylic acids is 1. The first kappa shape index (κ1) is 14.0. The van der Waals surface area contributed by atoms with Crippen molar-refractivity contribution in [1.29, 1.82) is 0 Å². The van der Waals surface area contributed by atoms with Crippen LogP contribution in [0.25, 0.3) is 23.1 Å². The molecule has 0 amide bonds. The Labute approximate surface area is 127 Å². The van der Waals surface area contributed by atoms with E-state index in [1.807, 2.05) is 38.1 Å². The third-order valence-electron chi connectivity index (χ3n) is 3.56. The van der Waals surface area contributed by atoms with E-state index in [4.69, 9.17) is 5.11 Å². The molecule has 3 rings (SSSR count). The lowest BCUT2D eigenvalue weighted by molar-refractivity contribution is 0.0697. The molecule has 0 fully saturated rings. The van der Waals surface area contributed by atoms with E-state index >= 15 is 0 Å². The lowest BCUT2D eigenvalue weighted by atomic mass is 10.1. The Bertz CT molecular complexity index is 875. The van der Waals surface area contributed by atoms with Crippen LogP contribution < -0.4 is 0 Å². The number of fused-ring (bicyclic) bond motifs is 1. The van der Waals surface area contributed by atoms with Crippen molar-refractivity contribution < 1.29 is 9.90 Å². The molecule has 0 aliphatic carbocycles. The van der Waals surface area contributed by atoms with Gasteiger partial charge < -0.3 is 5.11 Å². The zero-order chi connectivity index (χ0) is 15.7. The first-order valence-corrected chi connectivity index (χ1v) is 6.88. The van der Waals surface area contributed by atoms with Gasteiger partial charge in [-0.25, -0.2) is 9.78 Å². The van der Waals surface area contributed by atoms with Crippen molar-refractivity contribution in [3.05, 3.63) is 58.5 Å². The van der Waals surface area contributed by atoms with Crippen LogP contribution in [0.2, 0.25) is 0 Å². The first-order valence-electron chi connectivity index (χ1n) is 6.88. The molecule has 0 radical (unpaired) electrons. The molecular formula is C17H15N3O2. The van der Waals surface area contributed by atoms with E-state index in [0.29, 0.717) is 0 Å². The summed E-state index contributed by atoms with van der Waals surface area (Å²) >= 11 is 0. The zero-order valence-electron chi connectivity index (χ0n) is 12.3. The fourth-order valence-electron chi connectivity index (χ4n) is 2.34. The molecule has 0 atom stereocenters. The predicted molar refractivity (Wildman–Crippen MR) is 85.7 cm³/mol. The number of hydrogen-bond acceptors (Lipinski definition) is 3. The van der Waals surface area contributed by atoms with Gasteiger partial charge in [-0.05, 0) is 50.3 Å². The quantitative estimate of drug-likeness (QED) is 0.775. The van der Waals surface area contributed by atoms with E-state index in [1.54, 1.807) is 18.2 Å². The second kappa shape index (κ2) is 5.44. The maximum absolute atomic E-state index is 11.0. The molecule has 0 aliphatic heterocycles. The van der Waals surface area contributed by atoms with Crippen molar-refractivity contribution in [3.8, 4) is 0 Å². The summed E-state index contributed by atoms with van der Waals surface area (Å²) in [6, 6.07) is 8.67. The largest absolute Gasteiger partial charge is 0.478 e. The lowest BCUT2D eigenvalue weighted by Crippen LogP contribution is -1.95. The van der Waals surface area contributed by atoms with Crippen molar-refractivity contribution in [2.24, 2.45) is 0 Å². The average molecular weight is 293 g/mol. The van der Waals surface area contributed by atoms with Crippen LogP contribution in [-0.2, 0) is 0 Å². The van der Waals surface area contributed by atoms with Crippen molar-refractivity contribution in [1.82, 2.24) is 15.2 Å². The number of H-pyrrole nitrogens is 1. The van der Waals surface area contributed by atoms with Gasteiger partial charge in [-0.3, -0.25) is 5.10 Å². The molecule has 110 valence electrons. The van der Waals surface area contributed by atoms with Gasteiger partial charge in [0.15, 0.2) is 0 Å². The number of aromatic amines is 1. The molecule has 22 heavy (non-hydrogen) atoms. The molecule has 0 saturated carbocycles. The lowest BCUT2D eigenvalue weighted by Gasteiger charge is -2.01. The fourth-order valence-corrected chi connectivity index (χ4v) is 2.34. The highest BCUT2D eigenvalue weighted by Crippen LogP contribution is 2.17. The Kier molecular flexibility index (Phi) is 3.47. The van der Waals surface area contributed by atoms with Gasteiger partial charge in [0.25, 0.3) is 0 Å². The molecule has 2 N–H and O–H groups in total. The number of nitrogens with zero attached hydrogens (tertiary/aromatic N) is 2. The Hall–Kier alpha value is -2.95. The molecule has 0 bridgehead atoms. The number of carbonyl (C=O) groups is 1. The highest BCUT2D eigenvalue weighted by molar-refractivity contribution is 5.93. The van der Waals surface area contributed by atoms with Crippen LogP contribution in [0.4, 0.5) is 0 Å².